The van der Waals surface area contributed by atoms with Gasteiger partial charge in [0.2, 0.25) is 17.7 Å². The van der Waals surface area contributed by atoms with Crippen LogP contribution in [0.3, 0.4) is 0 Å². The Labute approximate surface area is 236 Å². The molecule has 0 bridgehead atoms. The third-order valence-corrected chi connectivity index (χ3v) is 6.87. The topological polar surface area (TPSA) is 163 Å². The molecule has 0 aromatic carbocycles. The lowest BCUT2D eigenvalue weighted by Gasteiger charge is -2.22. The standard InChI is InChI=1S/C29H57N5O5/c1-3-4-5-6-7-8-9-10-13-18-26(35)32-22-14-11-12-15-23-33-28(38)25(19-20-27(36)37)34-29(39)24(31-2)17-16-21-30/h24-25,31H,3-23,30H2,1-2H3,(H,32,35)(H,33,38)(H,34,39)(H,36,37). The predicted octanol–water partition coefficient (Wildman–Crippen LogP) is 3.38. The highest BCUT2D eigenvalue weighted by Crippen LogP contribution is 2.10. The van der Waals surface area contributed by atoms with Gasteiger partial charge in [-0.05, 0) is 52.1 Å². The van der Waals surface area contributed by atoms with E-state index in [4.69, 9.17) is 10.8 Å². The highest BCUT2D eigenvalue weighted by Gasteiger charge is 2.25. The van der Waals surface area contributed by atoms with Crippen LogP contribution in [0, 0.1) is 0 Å². The summed E-state index contributed by atoms with van der Waals surface area (Å²) in [7, 11) is 1.66. The van der Waals surface area contributed by atoms with Gasteiger partial charge in [0.1, 0.15) is 6.04 Å². The van der Waals surface area contributed by atoms with Crippen molar-refractivity contribution in [3.8, 4) is 0 Å². The van der Waals surface area contributed by atoms with Gasteiger partial charge in [-0.25, -0.2) is 0 Å². The van der Waals surface area contributed by atoms with Crippen molar-refractivity contribution in [2.75, 3.05) is 26.7 Å². The number of amides is 3. The van der Waals surface area contributed by atoms with Gasteiger partial charge in [-0.15, -0.1) is 0 Å². The molecule has 0 saturated carbocycles. The van der Waals surface area contributed by atoms with Crippen LogP contribution >= 0.6 is 0 Å². The van der Waals surface area contributed by atoms with E-state index in [9.17, 15) is 19.2 Å². The number of rotatable bonds is 27. The zero-order valence-electron chi connectivity index (χ0n) is 24.7. The monoisotopic (exact) mass is 555 g/mol. The summed E-state index contributed by atoms with van der Waals surface area (Å²) in [6.45, 7) is 3.81. The van der Waals surface area contributed by atoms with Crippen LogP contribution in [0.25, 0.3) is 0 Å². The number of hydrogen-bond acceptors (Lipinski definition) is 6. The molecule has 0 radical (unpaired) electrons. The van der Waals surface area contributed by atoms with Crippen molar-refractivity contribution < 1.29 is 24.3 Å². The second kappa shape index (κ2) is 26.0. The first-order valence-electron chi connectivity index (χ1n) is 15.3. The lowest BCUT2D eigenvalue weighted by molar-refractivity contribution is -0.138. The van der Waals surface area contributed by atoms with Crippen LogP contribution in [0.5, 0.6) is 0 Å². The number of hydrogen-bond donors (Lipinski definition) is 6. The number of carboxylic acid groups (broad SMARTS) is 1. The maximum atomic E-state index is 12.6. The molecule has 0 aromatic rings. The van der Waals surface area contributed by atoms with Crippen LogP contribution in [0.2, 0.25) is 0 Å². The van der Waals surface area contributed by atoms with Gasteiger partial charge in [-0.1, -0.05) is 71.1 Å². The van der Waals surface area contributed by atoms with E-state index in [-0.39, 0.29) is 30.6 Å². The largest absolute Gasteiger partial charge is 0.481 e. The Hall–Kier alpha value is -2.20. The Morgan fingerprint density at radius 3 is 1.79 bits per heavy atom. The molecule has 0 aliphatic carbocycles. The fourth-order valence-corrected chi connectivity index (χ4v) is 4.39. The van der Waals surface area contributed by atoms with Crippen molar-refractivity contribution in [3.05, 3.63) is 0 Å². The van der Waals surface area contributed by atoms with E-state index in [1.807, 2.05) is 0 Å². The van der Waals surface area contributed by atoms with Crippen LogP contribution in [0.4, 0.5) is 0 Å². The van der Waals surface area contributed by atoms with E-state index in [1.54, 1.807) is 7.05 Å². The van der Waals surface area contributed by atoms with Crippen molar-refractivity contribution in [2.45, 2.75) is 135 Å². The third kappa shape index (κ3) is 22.3. The zero-order chi connectivity index (χ0) is 29.1. The van der Waals surface area contributed by atoms with E-state index >= 15 is 0 Å². The molecule has 2 unspecified atom stereocenters. The molecule has 10 nitrogen and oxygen atoms in total. The van der Waals surface area contributed by atoms with Gasteiger partial charge in [0.15, 0.2) is 0 Å². The van der Waals surface area contributed by atoms with E-state index in [1.165, 1.54) is 44.9 Å². The molecule has 0 saturated heterocycles. The van der Waals surface area contributed by atoms with E-state index in [0.717, 1.165) is 38.5 Å². The summed E-state index contributed by atoms with van der Waals surface area (Å²) < 4.78 is 0. The SMILES string of the molecule is CCCCCCCCCCCC(=O)NCCCCCCNC(=O)C(CCC(=O)O)NC(=O)C(CCCN)NC. The Morgan fingerprint density at radius 2 is 1.23 bits per heavy atom. The number of nitrogens with two attached hydrogens (primary N) is 1. The molecule has 7 N–H and O–H groups in total. The average molecular weight is 556 g/mol. The minimum atomic E-state index is -1.02. The first kappa shape index (κ1) is 36.8. The molecule has 0 aromatic heterocycles. The van der Waals surface area contributed by atoms with Crippen molar-refractivity contribution in [1.29, 1.82) is 0 Å². The van der Waals surface area contributed by atoms with Gasteiger partial charge in [-0.3, -0.25) is 19.2 Å². The molecule has 3 amide bonds. The Balaban J connectivity index is 3.99. The Bertz CT molecular complexity index is 662. The summed E-state index contributed by atoms with van der Waals surface area (Å²) in [5.41, 5.74) is 5.52. The molecule has 2 atom stereocenters. The van der Waals surface area contributed by atoms with Crippen molar-refractivity contribution in [2.24, 2.45) is 5.73 Å². The smallest absolute Gasteiger partial charge is 0.303 e. The van der Waals surface area contributed by atoms with Gasteiger partial charge in [0.25, 0.3) is 0 Å². The van der Waals surface area contributed by atoms with Gasteiger partial charge >= 0.3 is 5.97 Å². The fourth-order valence-electron chi connectivity index (χ4n) is 4.39. The molecule has 0 fully saturated rings. The molecule has 0 aliphatic rings. The van der Waals surface area contributed by atoms with Crippen molar-refractivity contribution in [3.63, 3.8) is 0 Å². The second-order valence-electron chi connectivity index (χ2n) is 10.4. The number of carbonyl (C=O) groups is 4. The maximum Gasteiger partial charge on any atom is 0.303 e. The van der Waals surface area contributed by atoms with Crippen molar-refractivity contribution in [1.82, 2.24) is 21.3 Å². The second-order valence-corrected chi connectivity index (χ2v) is 10.4. The molecule has 39 heavy (non-hydrogen) atoms. The van der Waals surface area contributed by atoms with Gasteiger partial charge in [0, 0.05) is 25.9 Å². The van der Waals surface area contributed by atoms with Gasteiger partial charge in [0.05, 0.1) is 6.04 Å². The van der Waals surface area contributed by atoms with Crippen molar-refractivity contribution >= 4 is 23.7 Å². The minimum absolute atomic E-state index is 0.0268. The molecule has 0 heterocycles. The normalized spacial score (nSPS) is 12.5. The molecule has 0 rings (SSSR count). The number of likely N-dealkylation sites (N-methyl/N-ethyl adjacent to an activating group) is 1. The molecule has 0 spiro atoms. The number of carbonyl (C=O) groups excluding carboxylic acids is 3. The fraction of sp³-hybridized carbons (Fsp3) is 0.862. The first-order chi connectivity index (χ1) is 18.8. The van der Waals surface area contributed by atoms with Crippen LogP contribution in [0.15, 0.2) is 0 Å². The van der Waals surface area contributed by atoms with E-state index < -0.39 is 18.1 Å². The summed E-state index contributed by atoms with van der Waals surface area (Å²) in [6.07, 6.45) is 16.3. The van der Waals surface area contributed by atoms with Crippen LogP contribution < -0.4 is 27.0 Å². The summed E-state index contributed by atoms with van der Waals surface area (Å²) in [6, 6.07) is -1.39. The van der Waals surface area contributed by atoms with Crippen LogP contribution in [0.1, 0.15) is 122 Å². The number of unbranched alkanes of at least 4 members (excludes halogenated alkanes) is 11. The van der Waals surface area contributed by atoms with Crippen LogP contribution in [-0.4, -0.2) is 67.6 Å². The third-order valence-electron chi connectivity index (χ3n) is 6.87. The quantitative estimate of drug-likeness (QED) is 0.0846. The summed E-state index contributed by atoms with van der Waals surface area (Å²) in [5, 5.41) is 20.4. The van der Waals surface area contributed by atoms with Gasteiger partial charge in [-0.2, -0.15) is 0 Å². The lowest BCUT2D eigenvalue weighted by atomic mass is 10.1. The van der Waals surface area contributed by atoms with Crippen LogP contribution in [-0.2, 0) is 19.2 Å². The van der Waals surface area contributed by atoms with Gasteiger partial charge < -0.3 is 32.1 Å². The molecular weight excluding hydrogens is 498 g/mol. The Kier molecular flexibility index (Phi) is 24.6. The number of aliphatic carboxylic acids is 1. The first-order valence-corrected chi connectivity index (χ1v) is 15.3. The lowest BCUT2D eigenvalue weighted by Crippen LogP contribution is -2.52. The average Bonchev–Trinajstić information content (AvgIpc) is 2.91. The summed E-state index contributed by atoms with van der Waals surface area (Å²) >= 11 is 0. The molecule has 0 aliphatic heterocycles. The Morgan fingerprint density at radius 1 is 0.667 bits per heavy atom. The summed E-state index contributed by atoms with van der Waals surface area (Å²) in [5.74, 6) is -1.60. The van der Waals surface area contributed by atoms with E-state index in [0.29, 0.717) is 38.9 Å². The highest BCUT2D eigenvalue weighted by atomic mass is 16.4. The predicted molar refractivity (Wildman–Crippen MR) is 156 cm³/mol. The number of carboxylic acids is 1. The van der Waals surface area contributed by atoms with E-state index in [2.05, 4.69) is 28.2 Å². The maximum absolute atomic E-state index is 12.6. The minimum Gasteiger partial charge on any atom is -0.481 e. The summed E-state index contributed by atoms with van der Waals surface area (Å²) in [4.78, 5) is 48.1. The molecule has 10 heteroatoms. The molecular formula is C29H57N5O5. The number of nitrogens with one attached hydrogen (secondary N) is 4. The molecule has 228 valence electrons. The highest BCUT2D eigenvalue weighted by molar-refractivity contribution is 5.90. The zero-order valence-corrected chi connectivity index (χ0v) is 24.7.